The van der Waals surface area contributed by atoms with E-state index >= 15 is 0 Å². The van der Waals surface area contributed by atoms with Crippen LogP contribution in [0, 0.1) is 5.41 Å². The molecule has 5 rings (SSSR count). The number of ether oxygens (including phenoxy) is 1. The first-order valence-corrected chi connectivity index (χ1v) is 11.1. The van der Waals surface area contributed by atoms with E-state index in [4.69, 9.17) is 4.74 Å². The van der Waals surface area contributed by atoms with Gasteiger partial charge in [0.05, 0.1) is 11.3 Å². The highest BCUT2D eigenvalue weighted by atomic mass is 16.5. The van der Waals surface area contributed by atoms with E-state index in [9.17, 15) is 4.79 Å². The Morgan fingerprint density at radius 2 is 1.87 bits per heavy atom. The fourth-order valence-electron chi connectivity index (χ4n) is 5.05. The van der Waals surface area contributed by atoms with Crippen molar-refractivity contribution >= 4 is 5.97 Å². The second kappa shape index (κ2) is 8.37. The molecule has 164 valence electrons. The zero-order chi connectivity index (χ0) is 21.3. The van der Waals surface area contributed by atoms with Gasteiger partial charge in [0.2, 0.25) is 0 Å². The van der Waals surface area contributed by atoms with Crippen LogP contribution < -0.4 is 0 Å². The minimum absolute atomic E-state index is 0.149. The van der Waals surface area contributed by atoms with Crippen LogP contribution >= 0.6 is 0 Å². The first-order chi connectivity index (χ1) is 15.1. The second-order valence-corrected chi connectivity index (χ2v) is 9.01. The molecule has 5 heterocycles. The van der Waals surface area contributed by atoms with Crippen LogP contribution in [-0.4, -0.2) is 80.3 Å². The lowest BCUT2D eigenvalue weighted by Crippen LogP contribution is -2.47. The summed E-state index contributed by atoms with van der Waals surface area (Å²) in [5, 5.41) is 11.2. The summed E-state index contributed by atoms with van der Waals surface area (Å²) in [6.45, 7) is 7.84. The zero-order valence-electron chi connectivity index (χ0n) is 18.0. The van der Waals surface area contributed by atoms with Crippen LogP contribution in [0.25, 0.3) is 5.82 Å². The van der Waals surface area contributed by atoms with E-state index < -0.39 is 0 Å². The number of cyclic esters (lactones) is 1. The molecule has 0 unspecified atom stereocenters. The maximum atomic E-state index is 11.7. The fraction of sp³-hybridized carbons (Fsp3) is 0.591. The predicted octanol–water partition coefficient (Wildman–Crippen LogP) is 1.61. The molecule has 0 aromatic carbocycles. The number of hydrogen-bond donors (Lipinski definition) is 0. The van der Waals surface area contributed by atoms with Crippen molar-refractivity contribution < 1.29 is 9.53 Å². The number of likely N-dealkylation sites (tertiary alicyclic amines) is 2. The first kappa shape index (κ1) is 20.1. The summed E-state index contributed by atoms with van der Waals surface area (Å²) < 4.78 is 6.76. The Labute approximate surface area is 182 Å². The molecular formula is C22H29N7O2. The summed E-state index contributed by atoms with van der Waals surface area (Å²) in [6, 6.07) is 4.07. The molecular weight excluding hydrogens is 394 g/mol. The quantitative estimate of drug-likeness (QED) is 0.670. The van der Waals surface area contributed by atoms with Crippen molar-refractivity contribution in [3.63, 3.8) is 0 Å². The fourth-order valence-corrected chi connectivity index (χ4v) is 5.05. The summed E-state index contributed by atoms with van der Waals surface area (Å²) in [5.41, 5.74) is 3.62. The summed E-state index contributed by atoms with van der Waals surface area (Å²) in [5.74, 6) is 0.586. The Morgan fingerprint density at radius 1 is 1.10 bits per heavy atom. The van der Waals surface area contributed by atoms with E-state index in [-0.39, 0.29) is 5.97 Å². The average Bonchev–Trinajstić information content (AvgIpc) is 3.46. The maximum absolute atomic E-state index is 11.7. The molecule has 2 saturated heterocycles. The number of carbonyl (C=O) groups is 1. The standard InChI is InChI=1S/C22H29N7O2/c1-17-19(15-31-21(17)30)28-12-7-22(8-13-28)5-10-27(11-6-22)9-4-18-2-3-20(23-14-18)29-16-24-25-26-29/h2-3,14,16H,4-13,15H2,1H3. The smallest absolute Gasteiger partial charge is 0.335 e. The lowest BCUT2D eigenvalue weighted by Gasteiger charge is -2.47. The number of piperidine rings is 2. The molecule has 0 bridgehead atoms. The largest absolute Gasteiger partial charge is 0.456 e. The summed E-state index contributed by atoms with van der Waals surface area (Å²) in [6.07, 6.45) is 9.45. The van der Waals surface area contributed by atoms with Crippen molar-refractivity contribution in [3.8, 4) is 5.82 Å². The molecule has 2 aromatic heterocycles. The molecule has 9 heteroatoms. The Morgan fingerprint density at radius 3 is 2.48 bits per heavy atom. The molecule has 0 radical (unpaired) electrons. The average molecular weight is 424 g/mol. The van der Waals surface area contributed by atoms with E-state index in [1.54, 1.807) is 11.0 Å². The number of carbonyl (C=O) groups excluding carboxylic acids is 1. The summed E-state index contributed by atoms with van der Waals surface area (Å²) in [7, 11) is 0. The first-order valence-electron chi connectivity index (χ1n) is 11.1. The van der Waals surface area contributed by atoms with Gasteiger partial charge in [-0.1, -0.05) is 6.07 Å². The highest BCUT2D eigenvalue weighted by Gasteiger charge is 2.39. The number of hydrogen-bond acceptors (Lipinski definition) is 8. The van der Waals surface area contributed by atoms with Gasteiger partial charge in [-0.2, -0.15) is 4.68 Å². The number of pyridine rings is 1. The van der Waals surface area contributed by atoms with E-state index in [0.29, 0.717) is 12.0 Å². The molecule has 2 aromatic rings. The molecule has 0 atom stereocenters. The molecule has 31 heavy (non-hydrogen) atoms. The molecule has 1 spiro atoms. The van der Waals surface area contributed by atoms with Gasteiger partial charge in [-0.3, -0.25) is 0 Å². The third kappa shape index (κ3) is 4.19. The SMILES string of the molecule is CC1=C(N2CCC3(CCN(CCc4ccc(-n5cnnn5)nc4)CC3)CC2)COC1=O. The van der Waals surface area contributed by atoms with Crippen molar-refractivity contribution in [2.75, 3.05) is 39.3 Å². The Bertz CT molecular complexity index is 937. The summed E-state index contributed by atoms with van der Waals surface area (Å²) in [4.78, 5) is 21.1. The lowest BCUT2D eigenvalue weighted by molar-refractivity contribution is -0.136. The van der Waals surface area contributed by atoms with Gasteiger partial charge < -0.3 is 14.5 Å². The zero-order valence-corrected chi connectivity index (χ0v) is 18.0. The maximum Gasteiger partial charge on any atom is 0.335 e. The highest BCUT2D eigenvalue weighted by Crippen LogP contribution is 2.42. The third-order valence-corrected chi connectivity index (χ3v) is 7.31. The Kier molecular flexibility index (Phi) is 5.43. The third-order valence-electron chi connectivity index (χ3n) is 7.31. The number of rotatable bonds is 5. The van der Waals surface area contributed by atoms with Crippen LogP contribution in [0.1, 0.15) is 38.2 Å². The van der Waals surface area contributed by atoms with Crippen LogP contribution in [0.5, 0.6) is 0 Å². The van der Waals surface area contributed by atoms with Crippen LogP contribution in [0.3, 0.4) is 0 Å². The molecule has 0 saturated carbocycles. The van der Waals surface area contributed by atoms with E-state index in [1.807, 2.05) is 19.2 Å². The second-order valence-electron chi connectivity index (χ2n) is 9.01. The summed E-state index contributed by atoms with van der Waals surface area (Å²) >= 11 is 0. The molecule has 0 aliphatic carbocycles. The van der Waals surface area contributed by atoms with Crippen LogP contribution in [0.2, 0.25) is 0 Å². The molecule has 0 amide bonds. The van der Waals surface area contributed by atoms with Crippen LogP contribution in [-0.2, 0) is 16.0 Å². The normalized spacial score (nSPS) is 21.7. The highest BCUT2D eigenvalue weighted by molar-refractivity contribution is 5.90. The molecule has 3 aliphatic heterocycles. The van der Waals surface area contributed by atoms with Gasteiger partial charge >= 0.3 is 5.97 Å². The van der Waals surface area contributed by atoms with Crippen LogP contribution in [0.15, 0.2) is 35.9 Å². The topological polar surface area (TPSA) is 89.3 Å². The Balaban J connectivity index is 1.08. The monoisotopic (exact) mass is 423 g/mol. The van der Waals surface area contributed by atoms with Gasteiger partial charge in [0, 0.05) is 25.8 Å². The molecule has 0 N–H and O–H groups in total. The van der Waals surface area contributed by atoms with E-state index in [2.05, 4.69) is 36.4 Å². The van der Waals surface area contributed by atoms with Gasteiger partial charge in [0.25, 0.3) is 0 Å². The minimum Gasteiger partial charge on any atom is -0.456 e. The van der Waals surface area contributed by atoms with Crippen LogP contribution in [0.4, 0.5) is 0 Å². The van der Waals surface area contributed by atoms with Crippen molar-refractivity contribution in [2.24, 2.45) is 5.41 Å². The molecule has 2 fully saturated rings. The van der Waals surface area contributed by atoms with Crippen molar-refractivity contribution in [1.82, 2.24) is 35.0 Å². The predicted molar refractivity (Wildman–Crippen MR) is 113 cm³/mol. The van der Waals surface area contributed by atoms with E-state index in [0.717, 1.165) is 43.1 Å². The molecule has 3 aliphatic rings. The minimum atomic E-state index is -0.149. The number of nitrogens with zero attached hydrogens (tertiary/aromatic N) is 7. The van der Waals surface area contributed by atoms with Gasteiger partial charge in [0.1, 0.15) is 12.9 Å². The number of aromatic nitrogens is 5. The van der Waals surface area contributed by atoms with Gasteiger partial charge in [-0.25, -0.2) is 9.78 Å². The Hall–Kier alpha value is -2.81. The van der Waals surface area contributed by atoms with Crippen molar-refractivity contribution in [1.29, 1.82) is 0 Å². The number of tetrazole rings is 1. The number of esters is 1. The van der Waals surface area contributed by atoms with Gasteiger partial charge in [-0.05, 0) is 79.6 Å². The van der Waals surface area contributed by atoms with E-state index in [1.165, 1.54) is 44.3 Å². The van der Waals surface area contributed by atoms with Gasteiger partial charge in [0.15, 0.2) is 5.82 Å². The van der Waals surface area contributed by atoms with Gasteiger partial charge in [-0.15, -0.1) is 5.10 Å². The van der Waals surface area contributed by atoms with Crippen molar-refractivity contribution in [2.45, 2.75) is 39.0 Å². The molecule has 9 nitrogen and oxygen atoms in total. The van der Waals surface area contributed by atoms with Crippen molar-refractivity contribution in [3.05, 3.63) is 41.5 Å². The lowest BCUT2D eigenvalue weighted by atomic mass is 9.71.